The van der Waals surface area contributed by atoms with E-state index >= 15 is 0 Å². The second-order valence-corrected chi connectivity index (χ2v) is 7.45. The largest absolute Gasteiger partial charge is 0.497 e. The summed E-state index contributed by atoms with van der Waals surface area (Å²) in [4.78, 5) is 19.9. The molecule has 0 aliphatic carbocycles. The maximum atomic E-state index is 13.4. The molecule has 0 fully saturated rings. The third kappa shape index (κ3) is 5.09. The topological polar surface area (TPSA) is 67.0 Å². The summed E-state index contributed by atoms with van der Waals surface area (Å²) in [5, 5.41) is 2.55. The fraction of sp³-hybridized carbons (Fsp3) is 0.120. The number of ether oxygens (including phenoxy) is 1. The summed E-state index contributed by atoms with van der Waals surface area (Å²) in [7, 11) is 1.60. The summed E-state index contributed by atoms with van der Waals surface area (Å²) in [6.45, 7) is 0.0904. The number of hydrogen-bond donors (Lipinski definition) is 2. The van der Waals surface area contributed by atoms with Crippen LogP contribution in [-0.4, -0.2) is 23.0 Å². The van der Waals surface area contributed by atoms with Crippen LogP contribution < -0.4 is 10.1 Å². The highest BCUT2D eigenvalue weighted by Crippen LogP contribution is 2.32. The van der Waals surface area contributed by atoms with Gasteiger partial charge in [0.2, 0.25) is 0 Å². The van der Waals surface area contributed by atoms with E-state index in [0.717, 1.165) is 34.2 Å². The highest BCUT2D eigenvalue weighted by molar-refractivity contribution is 5.94. The number of aromatic nitrogens is 2. The van der Waals surface area contributed by atoms with Gasteiger partial charge in [0.1, 0.15) is 17.4 Å². The molecule has 0 atom stereocenters. The molecule has 0 saturated carbocycles. The van der Waals surface area contributed by atoms with Gasteiger partial charge in [-0.05, 0) is 53.6 Å². The number of benzene rings is 3. The Morgan fingerprint density at radius 2 is 1.68 bits per heavy atom. The Morgan fingerprint density at radius 1 is 1.00 bits per heavy atom. The van der Waals surface area contributed by atoms with Crippen molar-refractivity contribution in [1.29, 1.82) is 0 Å². The van der Waals surface area contributed by atoms with Crippen molar-refractivity contribution in [3.63, 3.8) is 0 Å². The first-order valence-electron chi connectivity index (χ1n) is 10.2. The summed E-state index contributed by atoms with van der Waals surface area (Å²) < 4.78 is 57.2. The monoisotopic (exact) mass is 469 g/mol. The van der Waals surface area contributed by atoms with Crippen LogP contribution >= 0.6 is 0 Å². The molecule has 4 rings (SSSR count). The number of nitrogens with one attached hydrogen (secondary N) is 2. The van der Waals surface area contributed by atoms with Crippen LogP contribution in [0.4, 0.5) is 17.6 Å². The zero-order valence-electron chi connectivity index (χ0n) is 17.9. The number of halogens is 4. The Labute approximate surface area is 192 Å². The van der Waals surface area contributed by atoms with Crippen LogP contribution in [0.3, 0.4) is 0 Å². The van der Waals surface area contributed by atoms with Gasteiger partial charge in [-0.25, -0.2) is 9.37 Å². The van der Waals surface area contributed by atoms with Gasteiger partial charge >= 0.3 is 6.18 Å². The molecule has 1 amide bonds. The van der Waals surface area contributed by atoms with Crippen molar-refractivity contribution in [1.82, 2.24) is 15.3 Å². The fourth-order valence-electron chi connectivity index (χ4n) is 3.33. The summed E-state index contributed by atoms with van der Waals surface area (Å²) in [6, 6.07) is 16.9. The lowest BCUT2D eigenvalue weighted by atomic mass is 10.1. The summed E-state index contributed by atoms with van der Waals surface area (Å²) in [5.74, 6) is -0.740. The molecule has 3 aromatic carbocycles. The SMILES string of the molecule is COc1ccc(-c2cnc(-c3ccc(CNC(=O)c4ccc(F)c(C(F)(F)F)c4)cc3)[nH]2)cc1. The fourth-order valence-corrected chi connectivity index (χ4v) is 3.33. The minimum Gasteiger partial charge on any atom is -0.497 e. The number of amides is 1. The highest BCUT2D eigenvalue weighted by Gasteiger charge is 2.34. The van der Waals surface area contributed by atoms with Crippen LogP contribution in [0, 0.1) is 5.82 Å². The van der Waals surface area contributed by atoms with Gasteiger partial charge in [0, 0.05) is 17.7 Å². The van der Waals surface area contributed by atoms with E-state index in [4.69, 9.17) is 4.74 Å². The first-order chi connectivity index (χ1) is 16.2. The first-order valence-corrected chi connectivity index (χ1v) is 10.2. The number of H-pyrrole nitrogens is 1. The standard InChI is InChI=1S/C25H19F4N3O2/c1-34-19-9-6-16(7-10-19)22-14-30-23(32-22)17-4-2-15(3-5-17)13-31-24(33)18-8-11-21(26)20(12-18)25(27,28)29/h2-12,14H,13H2,1H3,(H,30,32)(H,31,33). The molecule has 0 spiro atoms. The number of rotatable bonds is 6. The molecule has 34 heavy (non-hydrogen) atoms. The van der Waals surface area contributed by atoms with Crippen LogP contribution in [-0.2, 0) is 12.7 Å². The quantitative estimate of drug-likeness (QED) is 0.349. The maximum absolute atomic E-state index is 13.4. The molecule has 0 aliphatic rings. The van der Waals surface area contributed by atoms with Gasteiger partial charge < -0.3 is 15.0 Å². The molecule has 1 heterocycles. The second kappa shape index (κ2) is 9.38. The van der Waals surface area contributed by atoms with Gasteiger partial charge in [0.15, 0.2) is 0 Å². The molecule has 174 valence electrons. The van der Waals surface area contributed by atoms with E-state index in [0.29, 0.717) is 18.0 Å². The molecular weight excluding hydrogens is 450 g/mol. The lowest BCUT2D eigenvalue weighted by Crippen LogP contribution is -2.23. The Bertz CT molecular complexity index is 1300. The molecule has 9 heteroatoms. The Balaban J connectivity index is 1.41. The van der Waals surface area contributed by atoms with Crippen molar-refractivity contribution in [2.45, 2.75) is 12.7 Å². The number of hydrogen-bond acceptors (Lipinski definition) is 3. The number of carbonyl (C=O) groups is 1. The Hall–Kier alpha value is -4.14. The van der Waals surface area contributed by atoms with Gasteiger partial charge in [-0.15, -0.1) is 0 Å². The molecule has 0 bridgehead atoms. The number of carbonyl (C=O) groups excluding carboxylic acids is 1. The van der Waals surface area contributed by atoms with E-state index in [9.17, 15) is 22.4 Å². The molecule has 0 saturated heterocycles. The number of alkyl halides is 3. The minimum absolute atomic E-state index is 0.0904. The van der Waals surface area contributed by atoms with Crippen LogP contribution in [0.1, 0.15) is 21.5 Å². The van der Waals surface area contributed by atoms with Crippen molar-refractivity contribution >= 4 is 5.91 Å². The summed E-state index contributed by atoms with van der Waals surface area (Å²) in [6.07, 6.45) is -3.15. The molecule has 0 unspecified atom stereocenters. The van der Waals surface area contributed by atoms with Crippen LogP contribution in [0.15, 0.2) is 72.9 Å². The number of methoxy groups -OCH3 is 1. The predicted molar refractivity (Wildman–Crippen MR) is 119 cm³/mol. The van der Waals surface area contributed by atoms with Crippen molar-refractivity contribution < 1.29 is 27.1 Å². The lowest BCUT2D eigenvalue weighted by Gasteiger charge is -2.10. The number of aromatic amines is 1. The highest BCUT2D eigenvalue weighted by atomic mass is 19.4. The Morgan fingerprint density at radius 3 is 2.32 bits per heavy atom. The van der Waals surface area contributed by atoms with Crippen molar-refractivity contribution in [3.8, 4) is 28.4 Å². The van der Waals surface area contributed by atoms with Crippen LogP contribution in [0.25, 0.3) is 22.6 Å². The van der Waals surface area contributed by atoms with Gasteiger partial charge in [0.25, 0.3) is 5.91 Å². The third-order valence-corrected chi connectivity index (χ3v) is 5.19. The van der Waals surface area contributed by atoms with Crippen LogP contribution in [0.5, 0.6) is 5.75 Å². The summed E-state index contributed by atoms with van der Waals surface area (Å²) >= 11 is 0. The molecule has 0 aliphatic heterocycles. The predicted octanol–water partition coefficient (Wildman–Crippen LogP) is 5.84. The first kappa shape index (κ1) is 23.0. The van der Waals surface area contributed by atoms with E-state index in [-0.39, 0.29) is 12.1 Å². The molecule has 2 N–H and O–H groups in total. The molecule has 5 nitrogen and oxygen atoms in total. The van der Waals surface area contributed by atoms with Gasteiger partial charge in [-0.3, -0.25) is 4.79 Å². The van der Waals surface area contributed by atoms with E-state index in [1.165, 1.54) is 0 Å². The molecule has 4 aromatic rings. The van der Waals surface area contributed by atoms with Crippen molar-refractivity contribution in [2.75, 3.05) is 7.11 Å². The smallest absolute Gasteiger partial charge is 0.419 e. The van der Waals surface area contributed by atoms with E-state index in [2.05, 4.69) is 15.3 Å². The van der Waals surface area contributed by atoms with E-state index in [1.54, 1.807) is 25.4 Å². The number of nitrogens with zero attached hydrogens (tertiary/aromatic N) is 1. The van der Waals surface area contributed by atoms with E-state index < -0.39 is 23.5 Å². The molecular formula is C25H19F4N3O2. The summed E-state index contributed by atoms with van der Waals surface area (Å²) in [5.41, 5.74) is 1.60. The van der Waals surface area contributed by atoms with Gasteiger partial charge in [-0.1, -0.05) is 24.3 Å². The van der Waals surface area contributed by atoms with Gasteiger partial charge in [0.05, 0.1) is 24.6 Å². The Kier molecular flexibility index (Phi) is 6.36. The average molecular weight is 469 g/mol. The molecule has 1 aromatic heterocycles. The molecule has 0 radical (unpaired) electrons. The average Bonchev–Trinajstić information content (AvgIpc) is 3.33. The normalized spacial score (nSPS) is 11.3. The number of imidazole rings is 1. The maximum Gasteiger partial charge on any atom is 0.419 e. The van der Waals surface area contributed by atoms with Gasteiger partial charge in [-0.2, -0.15) is 13.2 Å². The minimum atomic E-state index is -4.88. The van der Waals surface area contributed by atoms with Crippen molar-refractivity contribution in [2.24, 2.45) is 0 Å². The van der Waals surface area contributed by atoms with Crippen LogP contribution in [0.2, 0.25) is 0 Å². The zero-order valence-corrected chi connectivity index (χ0v) is 17.9. The van der Waals surface area contributed by atoms with Crippen molar-refractivity contribution in [3.05, 3.63) is 95.4 Å². The second-order valence-electron chi connectivity index (χ2n) is 7.45. The zero-order chi connectivity index (χ0) is 24.3. The third-order valence-electron chi connectivity index (χ3n) is 5.19. The lowest BCUT2D eigenvalue weighted by molar-refractivity contribution is -0.140. The van der Waals surface area contributed by atoms with E-state index in [1.807, 2.05) is 36.4 Å².